The van der Waals surface area contributed by atoms with E-state index in [1.807, 2.05) is 11.0 Å². The van der Waals surface area contributed by atoms with Gasteiger partial charge in [0.1, 0.15) is 11.6 Å². The molecule has 0 bridgehead atoms. The number of amides is 2. The van der Waals surface area contributed by atoms with Gasteiger partial charge in [0.15, 0.2) is 0 Å². The summed E-state index contributed by atoms with van der Waals surface area (Å²) in [6, 6.07) is 4.65. The molecule has 2 N–H and O–H groups in total. The van der Waals surface area contributed by atoms with Crippen LogP contribution in [-0.2, 0) is 0 Å². The number of nitrogens with one attached hydrogen (secondary N) is 2. The van der Waals surface area contributed by atoms with Gasteiger partial charge in [-0.25, -0.2) is 14.2 Å². The molecular weight excluding hydrogens is 357 g/mol. The summed E-state index contributed by atoms with van der Waals surface area (Å²) in [4.78, 5) is 24.6. The quantitative estimate of drug-likeness (QED) is 0.778. The lowest BCUT2D eigenvalue weighted by Crippen LogP contribution is -2.45. The second-order valence-electron chi connectivity index (χ2n) is 7.93. The zero-order chi connectivity index (χ0) is 19.5. The third kappa shape index (κ3) is 4.19. The van der Waals surface area contributed by atoms with Crippen molar-refractivity contribution < 1.29 is 9.18 Å². The number of likely N-dealkylation sites (tertiary alicyclic amines) is 2. The van der Waals surface area contributed by atoms with Crippen molar-refractivity contribution in [3.8, 4) is 0 Å². The number of H-pyrrole nitrogens is 1. The lowest BCUT2D eigenvalue weighted by Gasteiger charge is -2.31. The predicted octanol–water partition coefficient (Wildman–Crippen LogP) is 3.10. The van der Waals surface area contributed by atoms with Gasteiger partial charge in [0, 0.05) is 38.6 Å². The minimum Gasteiger partial charge on any atom is -0.342 e. The molecule has 6 nitrogen and oxygen atoms in total. The molecule has 0 saturated carbocycles. The number of piperidine rings is 1. The largest absolute Gasteiger partial charge is 0.342 e. The summed E-state index contributed by atoms with van der Waals surface area (Å²) < 4.78 is 13.4. The molecule has 2 aromatic rings. The average molecular weight is 385 g/mol. The maximum Gasteiger partial charge on any atom is 0.317 e. The van der Waals surface area contributed by atoms with Gasteiger partial charge in [0.2, 0.25) is 0 Å². The molecule has 7 heteroatoms. The predicted molar refractivity (Wildman–Crippen MR) is 108 cm³/mol. The smallest absolute Gasteiger partial charge is 0.317 e. The number of imidazole rings is 1. The molecule has 1 unspecified atom stereocenters. The molecule has 28 heavy (non-hydrogen) atoms. The summed E-state index contributed by atoms with van der Waals surface area (Å²) >= 11 is 0. The zero-order valence-electron chi connectivity index (χ0n) is 16.2. The standard InChI is InChI=1S/C21H28FN5O/c1-2-8-26-9-5-15(14-26)13-23-21(28)27-10-6-16(7-11-27)20-24-18-4-3-17(22)12-19(18)25-20/h2-4,12,15-16H,1,5-11,13-14H2,(H,23,28)(H,24,25). The number of hydrogen-bond acceptors (Lipinski definition) is 3. The first-order valence-electron chi connectivity index (χ1n) is 10.1. The minimum atomic E-state index is -0.260. The van der Waals surface area contributed by atoms with Crippen LogP contribution in [0, 0.1) is 11.7 Å². The lowest BCUT2D eigenvalue weighted by molar-refractivity contribution is 0.179. The number of fused-ring (bicyclic) bond motifs is 1. The fourth-order valence-electron chi connectivity index (χ4n) is 4.32. The Morgan fingerprint density at radius 1 is 1.32 bits per heavy atom. The normalized spacial score (nSPS) is 21.3. The Bertz CT molecular complexity index is 842. The molecule has 4 rings (SSSR count). The van der Waals surface area contributed by atoms with Crippen molar-refractivity contribution >= 4 is 17.1 Å². The first-order chi connectivity index (χ1) is 13.6. The zero-order valence-corrected chi connectivity index (χ0v) is 16.2. The molecule has 3 heterocycles. The van der Waals surface area contributed by atoms with Gasteiger partial charge >= 0.3 is 6.03 Å². The third-order valence-corrected chi connectivity index (χ3v) is 5.93. The maximum atomic E-state index is 13.4. The van der Waals surface area contributed by atoms with Gasteiger partial charge in [-0.1, -0.05) is 6.08 Å². The highest BCUT2D eigenvalue weighted by Crippen LogP contribution is 2.28. The van der Waals surface area contributed by atoms with Crippen molar-refractivity contribution in [2.24, 2.45) is 5.92 Å². The van der Waals surface area contributed by atoms with Crippen LogP contribution < -0.4 is 5.32 Å². The number of carbonyl (C=O) groups excluding carboxylic acids is 1. The van der Waals surface area contributed by atoms with Crippen LogP contribution >= 0.6 is 0 Å². The number of nitrogens with zero attached hydrogens (tertiary/aromatic N) is 3. The molecule has 1 aromatic heterocycles. The Morgan fingerprint density at radius 3 is 2.93 bits per heavy atom. The highest BCUT2D eigenvalue weighted by molar-refractivity contribution is 5.75. The van der Waals surface area contributed by atoms with E-state index < -0.39 is 0 Å². The molecule has 0 spiro atoms. The molecule has 2 saturated heterocycles. The van der Waals surface area contributed by atoms with Gasteiger partial charge < -0.3 is 15.2 Å². The molecule has 2 aliphatic heterocycles. The van der Waals surface area contributed by atoms with E-state index in [-0.39, 0.29) is 17.8 Å². The molecule has 0 radical (unpaired) electrons. The summed E-state index contributed by atoms with van der Waals surface area (Å²) in [5.41, 5.74) is 1.52. The number of urea groups is 1. The SMILES string of the molecule is C=CCN1CCC(CNC(=O)N2CCC(c3nc4ccc(F)cc4[nH]3)CC2)C1. The second-order valence-corrected chi connectivity index (χ2v) is 7.93. The van der Waals surface area contributed by atoms with E-state index in [0.29, 0.717) is 5.92 Å². The number of carbonyl (C=O) groups is 1. The van der Waals surface area contributed by atoms with E-state index >= 15 is 0 Å². The number of hydrogen-bond donors (Lipinski definition) is 2. The monoisotopic (exact) mass is 385 g/mol. The number of halogens is 1. The van der Waals surface area contributed by atoms with Gasteiger partial charge in [0.05, 0.1) is 11.0 Å². The first-order valence-corrected chi connectivity index (χ1v) is 10.1. The molecule has 2 amide bonds. The van der Waals surface area contributed by atoms with Crippen molar-refractivity contribution in [3.05, 3.63) is 42.5 Å². The average Bonchev–Trinajstić information content (AvgIpc) is 3.33. The topological polar surface area (TPSA) is 64.3 Å². The van der Waals surface area contributed by atoms with Crippen LogP contribution in [0.15, 0.2) is 30.9 Å². The minimum absolute atomic E-state index is 0.0345. The van der Waals surface area contributed by atoms with Crippen molar-refractivity contribution in [3.63, 3.8) is 0 Å². The molecule has 150 valence electrons. The summed E-state index contributed by atoms with van der Waals surface area (Å²) in [5, 5.41) is 3.11. The number of rotatable bonds is 5. The van der Waals surface area contributed by atoms with Crippen LogP contribution in [0.1, 0.15) is 31.0 Å². The summed E-state index contributed by atoms with van der Waals surface area (Å²) in [6.07, 6.45) is 4.80. The molecule has 2 fully saturated rings. The highest BCUT2D eigenvalue weighted by atomic mass is 19.1. The van der Waals surface area contributed by atoms with Crippen LogP contribution in [0.4, 0.5) is 9.18 Å². The van der Waals surface area contributed by atoms with Gasteiger partial charge in [-0.2, -0.15) is 0 Å². The van der Waals surface area contributed by atoms with E-state index in [0.717, 1.165) is 75.4 Å². The molecular formula is C21H28FN5O. The van der Waals surface area contributed by atoms with Gasteiger partial charge in [-0.05, 0) is 49.9 Å². The summed E-state index contributed by atoms with van der Waals surface area (Å²) in [7, 11) is 0. The molecule has 0 aliphatic carbocycles. The lowest BCUT2D eigenvalue weighted by atomic mass is 9.96. The third-order valence-electron chi connectivity index (χ3n) is 5.93. The Morgan fingerprint density at radius 2 is 2.14 bits per heavy atom. The van der Waals surface area contributed by atoms with Crippen molar-refractivity contribution in [2.45, 2.75) is 25.2 Å². The summed E-state index contributed by atoms with van der Waals surface area (Å²) in [5.74, 6) is 1.44. The highest BCUT2D eigenvalue weighted by Gasteiger charge is 2.27. The number of aromatic nitrogens is 2. The van der Waals surface area contributed by atoms with E-state index in [1.165, 1.54) is 12.1 Å². The Labute approximate surface area is 164 Å². The molecule has 1 aromatic carbocycles. The van der Waals surface area contributed by atoms with Crippen LogP contribution in [0.5, 0.6) is 0 Å². The van der Waals surface area contributed by atoms with E-state index in [4.69, 9.17) is 0 Å². The van der Waals surface area contributed by atoms with E-state index in [9.17, 15) is 9.18 Å². The van der Waals surface area contributed by atoms with Gasteiger partial charge in [0.25, 0.3) is 0 Å². The van der Waals surface area contributed by atoms with Crippen LogP contribution in [0.2, 0.25) is 0 Å². The fourth-order valence-corrected chi connectivity index (χ4v) is 4.32. The van der Waals surface area contributed by atoms with Gasteiger partial charge in [-0.3, -0.25) is 4.90 Å². The van der Waals surface area contributed by atoms with Crippen LogP contribution in [-0.4, -0.2) is 65.1 Å². The Kier molecular flexibility index (Phi) is 5.62. The van der Waals surface area contributed by atoms with Gasteiger partial charge in [-0.15, -0.1) is 6.58 Å². The van der Waals surface area contributed by atoms with Crippen molar-refractivity contribution in [1.29, 1.82) is 0 Å². The summed E-state index contributed by atoms with van der Waals surface area (Å²) in [6.45, 7) is 8.99. The van der Waals surface area contributed by atoms with E-state index in [1.54, 1.807) is 6.07 Å². The van der Waals surface area contributed by atoms with Crippen LogP contribution in [0.3, 0.4) is 0 Å². The molecule has 1 atom stereocenters. The van der Waals surface area contributed by atoms with Crippen molar-refractivity contribution in [2.75, 3.05) is 39.3 Å². The first kappa shape index (κ1) is 18.9. The maximum absolute atomic E-state index is 13.4. The van der Waals surface area contributed by atoms with Crippen molar-refractivity contribution in [1.82, 2.24) is 25.1 Å². The second kappa shape index (κ2) is 8.31. The number of benzene rings is 1. The fraction of sp³-hybridized carbons (Fsp3) is 0.524. The van der Waals surface area contributed by atoms with E-state index in [2.05, 4.69) is 26.8 Å². The van der Waals surface area contributed by atoms with Crippen LogP contribution in [0.25, 0.3) is 11.0 Å². The molecule has 2 aliphatic rings. The Hall–Kier alpha value is -2.41. The number of aromatic amines is 1. The Balaban J connectivity index is 1.25.